The lowest BCUT2D eigenvalue weighted by molar-refractivity contribution is 0.777. The summed E-state index contributed by atoms with van der Waals surface area (Å²) in [6.07, 6.45) is 2.29. The highest BCUT2D eigenvalue weighted by Gasteiger charge is 2.07. The molecule has 0 aliphatic heterocycles. The lowest BCUT2D eigenvalue weighted by atomic mass is 10.1. The second-order valence-electron chi connectivity index (χ2n) is 4.98. The molecule has 0 spiro atoms. The maximum Gasteiger partial charge on any atom is 0.166 e. The van der Waals surface area contributed by atoms with E-state index in [4.69, 9.17) is 0 Å². The van der Waals surface area contributed by atoms with Gasteiger partial charge in [0.25, 0.3) is 0 Å². The van der Waals surface area contributed by atoms with Crippen molar-refractivity contribution in [2.75, 3.05) is 5.75 Å². The van der Waals surface area contributed by atoms with Crippen LogP contribution in [0.5, 0.6) is 0 Å². The van der Waals surface area contributed by atoms with Crippen LogP contribution in [0.4, 0.5) is 0 Å². The fourth-order valence-electron chi connectivity index (χ4n) is 2.25. The number of hydrogen-bond acceptors (Lipinski definition) is 4. The Bertz CT molecular complexity index is 682. The summed E-state index contributed by atoms with van der Waals surface area (Å²) in [5.74, 6) is 2.84. The molecule has 0 unspecified atom stereocenters. The van der Waals surface area contributed by atoms with Crippen LogP contribution in [0.3, 0.4) is 0 Å². The van der Waals surface area contributed by atoms with Gasteiger partial charge in [0.2, 0.25) is 0 Å². The van der Waals surface area contributed by atoms with Gasteiger partial charge in [0.1, 0.15) is 0 Å². The zero-order valence-corrected chi connectivity index (χ0v) is 13.1. The second-order valence-corrected chi connectivity index (χ2v) is 6.09. The molecule has 112 valence electrons. The van der Waals surface area contributed by atoms with Gasteiger partial charge in [-0.25, -0.2) is 0 Å². The molecule has 0 radical (unpaired) electrons. The molecule has 0 bridgehead atoms. The van der Waals surface area contributed by atoms with E-state index in [2.05, 4.69) is 45.9 Å². The van der Waals surface area contributed by atoms with Gasteiger partial charge in [-0.1, -0.05) is 48.5 Å². The Kier molecular flexibility index (Phi) is 5.21. The molecule has 0 saturated heterocycles. The molecule has 1 aromatic heterocycles. The lowest BCUT2D eigenvalue weighted by Crippen LogP contribution is -2.02. The standard InChI is InChI=1S/C17H18N4S/c1-3-8-15(9-4-1)10-7-13-22-14-17-18-19-20-21(17)16-11-5-2-6-12-16/h1-6,8-9,11-12H,7,10,13-14H2. The highest BCUT2D eigenvalue weighted by atomic mass is 32.2. The number of hydrogen-bond donors (Lipinski definition) is 0. The molecule has 4 nitrogen and oxygen atoms in total. The molecule has 0 amide bonds. The first-order valence-electron chi connectivity index (χ1n) is 7.38. The zero-order chi connectivity index (χ0) is 15.0. The molecule has 0 aliphatic carbocycles. The Morgan fingerprint density at radius 1 is 0.909 bits per heavy atom. The third-order valence-electron chi connectivity index (χ3n) is 3.36. The molecular formula is C17H18N4S. The van der Waals surface area contributed by atoms with Gasteiger partial charge in [0.05, 0.1) is 11.4 Å². The van der Waals surface area contributed by atoms with Crippen LogP contribution < -0.4 is 0 Å². The summed E-state index contributed by atoms with van der Waals surface area (Å²) in [6.45, 7) is 0. The normalized spacial score (nSPS) is 10.7. The molecule has 5 heteroatoms. The van der Waals surface area contributed by atoms with Gasteiger partial charge in [-0.3, -0.25) is 0 Å². The van der Waals surface area contributed by atoms with Crippen LogP contribution in [0.25, 0.3) is 5.69 Å². The van der Waals surface area contributed by atoms with Crippen molar-refractivity contribution in [2.45, 2.75) is 18.6 Å². The van der Waals surface area contributed by atoms with Crippen LogP contribution in [-0.4, -0.2) is 26.0 Å². The van der Waals surface area contributed by atoms with Gasteiger partial charge < -0.3 is 0 Å². The molecular weight excluding hydrogens is 292 g/mol. The summed E-state index contributed by atoms with van der Waals surface area (Å²) >= 11 is 1.88. The van der Waals surface area contributed by atoms with Crippen molar-refractivity contribution in [3.05, 3.63) is 72.1 Å². The summed E-state index contributed by atoms with van der Waals surface area (Å²) in [7, 11) is 0. The SMILES string of the molecule is c1ccc(CCCSCc2nnnn2-c2ccccc2)cc1. The Hall–Kier alpha value is -2.14. The number of tetrazole rings is 1. The number of nitrogens with zero attached hydrogens (tertiary/aromatic N) is 4. The lowest BCUT2D eigenvalue weighted by Gasteiger charge is -2.04. The van der Waals surface area contributed by atoms with Crippen molar-refractivity contribution in [3.63, 3.8) is 0 Å². The van der Waals surface area contributed by atoms with Crippen molar-refractivity contribution >= 4 is 11.8 Å². The van der Waals surface area contributed by atoms with Crippen LogP contribution in [0, 0.1) is 0 Å². The number of aromatic nitrogens is 4. The smallest absolute Gasteiger partial charge is 0.166 e. The molecule has 0 atom stereocenters. The van der Waals surface area contributed by atoms with Crippen LogP contribution in [0.15, 0.2) is 60.7 Å². The molecule has 0 fully saturated rings. The van der Waals surface area contributed by atoms with Crippen LogP contribution in [0.1, 0.15) is 17.8 Å². The third kappa shape index (κ3) is 3.95. The largest absolute Gasteiger partial charge is 0.196 e. The van der Waals surface area contributed by atoms with Crippen LogP contribution in [0.2, 0.25) is 0 Å². The van der Waals surface area contributed by atoms with E-state index < -0.39 is 0 Å². The topological polar surface area (TPSA) is 43.6 Å². The molecule has 0 aliphatic rings. The minimum Gasteiger partial charge on any atom is -0.196 e. The first kappa shape index (κ1) is 14.8. The first-order valence-corrected chi connectivity index (χ1v) is 8.53. The third-order valence-corrected chi connectivity index (χ3v) is 4.40. The van der Waals surface area contributed by atoms with Crippen molar-refractivity contribution in [2.24, 2.45) is 0 Å². The Balaban J connectivity index is 1.48. The molecule has 2 aromatic carbocycles. The van der Waals surface area contributed by atoms with Gasteiger partial charge in [-0.05, 0) is 46.7 Å². The predicted octanol–water partition coefficient (Wildman–Crippen LogP) is 3.53. The van der Waals surface area contributed by atoms with E-state index in [1.165, 1.54) is 12.0 Å². The summed E-state index contributed by atoms with van der Waals surface area (Å²) in [4.78, 5) is 0. The van der Waals surface area contributed by atoms with E-state index in [-0.39, 0.29) is 0 Å². The number of rotatable bonds is 7. The molecule has 3 aromatic rings. The van der Waals surface area contributed by atoms with Gasteiger partial charge in [0, 0.05) is 0 Å². The molecule has 22 heavy (non-hydrogen) atoms. The Labute approximate surface area is 134 Å². The number of thioether (sulfide) groups is 1. The van der Waals surface area contributed by atoms with E-state index in [9.17, 15) is 0 Å². The molecule has 3 rings (SSSR count). The highest BCUT2D eigenvalue weighted by molar-refractivity contribution is 7.98. The minimum absolute atomic E-state index is 0.830. The van der Waals surface area contributed by atoms with Crippen molar-refractivity contribution in [1.82, 2.24) is 20.2 Å². The van der Waals surface area contributed by atoms with E-state index in [1.54, 1.807) is 0 Å². The quantitative estimate of drug-likeness (QED) is 0.626. The summed E-state index contributed by atoms with van der Waals surface area (Å²) < 4.78 is 1.81. The minimum atomic E-state index is 0.830. The molecule has 1 heterocycles. The Morgan fingerprint density at radius 3 is 2.41 bits per heavy atom. The molecule has 0 saturated carbocycles. The average molecular weight is 310 g/mol. The van der Waals surface area contributed by atoms with Gasteiger partial charge in [-0.2, -0.15) is 16.4 Å². The highest BCUT2D eigenvalue weighted by Crippen LogP contribution is 2.15. The number of benzene rings is 2. The maximum atomic E-state index is 4.13. The maximum absolute atomic E-state index is 4.13. The van der Waals surface area contributed by atoms with E-state index in [0.717, 1.165) is 29.4 Å². The van der Waals surface area contributed by atoms with Crippen LogP contribution >= 0.6 is 11.8 Å². The van der Waals surface area contributed by atoms with Crippen LogP contribution in [-0.2, 0) is 12.2 Å². The van der Waals surface area contributed by atoms with Gasteiger partial charge in [0.15, 0.2) is 5.82 Å². The monoisotopic (exact) mass is 310 g/mol. The first-order chi connectivity index (χ1) is 10.9. The van der Waals surface area contributed by atoms with E-state index >= 15 is 0 Å². The summed E-state index contributed by atoms with van der Waals surface area (Å²) in [5, 5.41) is 12.0. The zero-order valence-electron chi connectivity index (χ0n) is 12.3. The fourth-order valence-corrected chi connectivity index (χ4v) is 3.11. The molecule has 0 N–H and O–H groups in total. The number of aryl methyl sites for hydroxylation is 1. The Morgan fingerprint density at radius 2 is 1.64 bits per heavy atom. The second kappa shape index (κ2) is 7.75. The van der Waals surface area contributed by atoms with Gasteiger partial charge >= 0.3 is 0 Å². The summed E-state index contributed by atoms with van der Waals surface area (Å²) in [6, 6.07) is 20.6. The van der Waals surface area contributed by atoms with E-state index in [1.807, 2.05) is 46.8 Å². The summed E-state index contributed by atoms with van der Waals surface area (Å²) in [5.41, 5.74) is 2.41. The fraction of sp³-hybridized carbons (Fsp3) is 0.235. The number of para-hydroxylation sites is 1. The van der Waals surface area contributed by atoms with Gasteiger partial charge in [-0.15, -0.1) is 5.10 Å². The van der Waals surface area contributed by atoms with Crippen molar-refractivity contribution in [3.8, 4) is 5.69 Å². The average Bonchev–Trinajstić information content (AvgIpc) is 3.05. The predicted molar refractivity (Wildman–Crippen MR) is 90.1 cm³/mol. The van der Waals surface area contributed by atoms with E-state index in [0.29, 0.717) is 0 Å². The van der Waals surface area contributed by atoms with Crippen molar-refractivity contribution < 1.29 is 0 Å². The van der Waals surface area contributed by atoms with Crippen molar-refractivity contribution in [1.29, 1.82) is 0 Å².